The second-order valence-corrected chi connectivity index (χ2v) is 4.46. The van der Waals surface area contributed by atoms with Crippen molar-refractivity contribution < 1.29 is 0 Å². The molecule has 2 nitrogen and oxygen atoms in total. The Morgan fingerprint density at radius 1 is 1.53 bits per heavy atom. The SMILES string of the molecule is CCNC(c1ccnc(C)c1)C1CCC1. The normalized spacial score (nSPS) is 18.5. The van der Waals surface area contributed by atoms with Gasteiger partial charge in [-0.05, 0) is 49.9 Å². The van der Waals surface area contributed by atoms with E-state index in [9.17, 15) is 0 Å². The van der Waals surface area contributed by atoms with E-state index in [1.54, 1.807) is 0 Å². The standard InChI is InChI=1S/C13H20N2/c1-3-14-13(11-5-4-6-11)12-7-8-15-10(2)9-12/h7-9,11,13-14H,3-6H2,1-2H3. The number of pyridine rings is 1. The van der Waals surface area contributed by atoms with Crippen molar-refractivity contribution in [3.63, 3.8) is 0 Å². The van der Waals surface area contributed by atoms with Gasteiger partial charge in [0.1, 0.15) is 0 Å². The summed E-state index contributed by atoms with van der Waals surface area (Å²) in [4.78, 5) is 4.26. The van der Waals surface area contributed by atoms with E-state index in [1.807, 2.05) is 6.20 Å². The lowest BCUT2D eigenvalue weighted by Gasteiger charge is -2.34. The molecule has 0 aliphatic heterocycles. The van der Waals surface area contributed by atoms with Crippen LogP contribution in [0.4, 0.5) is 0 Å². The predicted octanol–water partition coefficient (Wildman–Crippen LogP) is 2.84. The van der Waals surface area contributed by atoms with Crippen molar-refractivity contribution in [3.05, 3.63) is 29.6 Å². The van der Waals surface area contributed by atoms with Crippen LogP contribution >= 0.6 is 0 Å². The maximum absolute atomic E-state index is 4.26. The summed E-state index contributed by atoms with van der Waals surface area (Å²) in [5, 5.41) is 3.60. The number of rotatable bonds is 4. The fourth-order valence-electron chi connectivity index (χ4n) is 2.31. The first kappa shape index (κ1) is 10.6. The third-order valence-corrected chi connectivity index (χ3v) is 3.33. The smallest absolute Gasteiger partial charge is 0.0375 e. The summed E-state index contributed by atoms with van der Waals surface area (Å²) in [6.45, 7) is 5.29. The molecule has 1 fully saturated rings. The van der Waals surface area contributed by atoms with Crippen LogP contribution in [0.3, 0.4) is 0 Å². The lowest BCUT2D eigenvalue weighted by molar-refractivity contribution is 0.233. The van der Waals surface area contributed by atoms with Gasteiger partial charge in [-0.3, -0.25) is 4.98 Å². The third kappa shape index (κ3) is 2.37. The Morgan fingerprint density at radius 2 is 2.33 bits per heavy atom. The maximum Gasteiger partial charge on any atom is 0.0375 e. The summed E-state index contributed by atoms with van der Waals surface area (Å²) in [7, 11) is 0. The van der Waals surface area contributed by atoms with Crippen molar-refractivity contribution in [2.75, 3.05) is 6.54 Å². The molecule has 1 saturated carbocycles. The second-order valence-electron chi connectivity index (χ2n) is 4.46. The Labute approximate surface area is 92.1 Å². The molecule has 1 atom stereocenters. The topological polar surface area (TPSA) is 24.9 Å². The number of aryl methyl sites for hydroxylation is 1. The molecule has 0 aromatic carbocycles. The van der Waals surface area contributed by atoms with Crippen LogP contribution in [0.2, 0.25) is 0 Å². The van der Waals surface area contributed by atoms with Crippen LogP contribution in [-0.4, -0.2) is 11.5 Å². The van der Waals surface area contributed by atoms with Crippen LogP contribution in [0, 0.1) is 12.8 Å². The molecule has 1 aliphatic carbocycles. The van der Waals surface area contributed by atoms with E-state index in [1.165, 1.54) is 24.8 Å². The maximum atomic E-state index is 4.26. The Morgan fingerprint density at radius 3 is 2.87 bits per heavy atom. The zero-order valence-electron chi connectivity index (χ0n) is 9.66. The molecule has 0 saturated heterocycles. The minimum atomic E-state index is 0.547. The number of hydrogen-bond acceptors (Lipinski definition) is 2. The Kier molecular flexibility index (Phi) is 3.37. The highest BCUT2D eigenvalue weighted by molar-refractivity contribution is 5.20. The first-order chi connectivity index (χ1) is 7.31. The Hall–Kier alpha value is -0.890. The summed E-state index contributed by atoms with van der Waals surface area (Å²) in [6.07, 6.45) is 6.07. The van der Waals surface area contributed by atoms with E-state index in [2.05, 4.69) is 36.3 Å². The van der Waals surface area contributed by atoms with Gasteiger partial charge in [0, 0.05) is 17.9 Å². The first-order valence-electron chi connectivity index (χ1n) is 5.97. The summed E-state index contributed by atoms with van der Waals surface area (Å²) < 4.78 is 0. The molecule has 1 N–H and O–H groups in total. The molecule has 1 unspecified atom stereocenters. The van der Waals surface area contributed by atoms with Gasteiger partial charge in [-0.25, -0.2) is 0 Å². The van der Waals surface area contributed by atoms with Crippen LogP contribution in [0.25, 0.3) is 0 Å². The molecule has 0 spiro atoms. The predicted molar refractivity (Wildman–Crippen MR) is 62.7 cm³/mol. The van der Waals surface area contributed by atoms with Crippen LogP contribution < -0.4 is 5.32 Å². The van der Waals surface area contributed by atoms with Crippen molar-refractivity contribution in [1.29, 1.82) is 0 Å². The molecule has 2 rings (SSSR count). The van der Waals surface area contributed by atoms with Gasteiger partial charge in [0.05, 0.1) is 0 Å². The zero-order valence-corrected chi connectivity index (χ0v) is 9.66. The molecule has 1 heterocycles. The monoisotopic (exact) mass is 204 g/mol. The zero-order chi connectivity index (χ0) is 10.7. The lowest BCUT2D eigenvalue weighted by atomic mass is 9.77. The summed E-state index contributed by atoms with van der Waals surface area (Å²) in [5.41, 5.74) is 2.53. The molecule has 0 bridgehead atoms. The number of nitrogens with one attached hydrogen (secondary N) is 1. The quantitative estimate of drug-likeness (QED) is 0.815. The molecule has 2 heteroatoms. The molecule has 0 amide bonds. The van der Waals surface area contributed by atoms with Gasteiger partial charge in [-0.1, -0.05) is 13.3 Å². The van der Waals surface area contributed by atoms with Gasteiger partial charge in [-0.15, -0.1) is 0 Å². The average molecular weight is 204 g/mol. The Balaban J connectivity index is 2.15. The lowest BCUT2D eigenvalue weighted by Crippen LogP contribution is -2.32. The summed E-state index contributed by atoms with van der Waals surface area (Å²) >= 11 is 0. The minimum Gasteiger partial charge on any atom is -0.310 e. The number of hydrogen-bond donors (Lipinski definition) is 1. The van der Waals surface area contributed by atoms with Gasteiger partial charge in [0.15, 0.2) is 0 Å². The van der Waals surface area contributed by atoms with Crippen molar-refractivity contribution >= 4 is 0 Å². The molecule has 0 radical (unpaired) electrons. The van der Waals surface area contributed by atoms with Gasteiger partial charge < -0.3 is 5.32 Å². The van der Waals surface area contributed by atoms with E-state index < -0.39 is 0 Å². The highest BCUT2D eigenvalue weighted by atomic mass is 14.9. The molecule has 1 aromatic rings. The van der Waals surface area contributed by atoms with Crippen molar-refractivity contribution in [2.45, 2.75) is 39.2 Å². The summed E-state index contributed by atoms with van der Waals surface area (Å²) in [5.74, 6) is 0.840. The van der Waals surface area contributed by atoms with Crippen LogP contribution in [0.1, 0.15) is 43.5 Å². The fourth-order valence-corrected chi connectivity index (χ4v) is 2.31. The molecule has 1 aliphatic rings. The van der Waals surface area contributed by atoms with Gasteiger partial charge in [0.2, 0.25) is 0 Å². The van der Waals surface area contributed by atoms with Crippen LogP contribution in [-0.2, 0) is 0 Å². The highest BCUT2D eigenvalue weighted by Gasteiger charge is 2.27. The average Bonchev–Trinajstić information content (AvgIpc) is 2.14. The number of nitrogens with zero attached hydrogens (tertiary/aromatic N) is 1. The van der Waals surface area contributed by atoms with Gasteiger partial charge in [0.25, 0.3) is 0 Å². The van der Waals surface area contributed by atoms with Crippen LogP contribution in [0.15, 0.2) is 18.3 Å². The van der Waals surface area contributed by atoms with Gasteiger partial charge >= 0.3 is 0 Å². The van der Waals surface area contributed by atoms with E-state index in [0.717, 1.165) is 18.2 Å². The fraction of sp³-hybridized carbons (Fsp3) is 0.615. The van der Waals surface area contributed by atoms with Crippen LogP contribution in [0.5, 0.6) is 0 Å². The van der Waals surface area contributed by atoms with Crippen molar-refractivity contribution in [1.82, 2.24) is 10.3 Å². The third-order valence-electron chi connectivity index (χ3n) is 3.33. The molecular formula is C13H20N2. The van der Waals surface area contributed by atoms with Gasteiger partial charge in [-0.2, -0.15) is 0 Å². The Bertz CT molecular complexity index is 318. The first-order valence-corrected chi connectivity index (χ1v) is 5.97. The molecule has 82 valence electrons. The van der Waals surface area contributed by atoms with E-state index >= 15 is 0 Å². The second kappa shape index (κ2) is 4.75. The molecule has 1 aromatic heterocycles. The number of aromatic nitrogens is 1. The minimum absolute atomic E-state index is 0.547. The van der Waals surface area contributed by atoms with Crippen molar-refractivity contribution in [3.8, 4) is 0 Å². The largest absolute Gasteiger partial charge is 0.310 e. The molecular weight excluding hydrogens is 184 g/mol. The van der Waals surface area contributed by atoms with Crippen molar-refractivity contribution in [2.24, 2.45) is 5.92 Å². The molecule has 15 heavy (non-hydrogen) atoms. The van der Waals surface area contributed by atoms with E-state index in [4.69, 9.17) is 0 Å². The van der Waals surface area contributed by atoms with E-state index in [-0.39, 0.29) is 0 Å². The van der Waals surface area contributed by atoms with E-state index in [0.29, 0.717) is 6.04 Å². The highest BCUT2D eigenvalue weighted by Crippen LogP contribution is 2.37. The summed E-state index contributed by atoms with van der Waals surface area (Å²) in [6, 6.07) is 4.91.